The predicted octanol–water partition coefficient (Wildman–Crippen LogP) is 3.56. The Kier molecular flexibility index (Phi) is 5.88. The summed E-state index contributed by atoms with van der Waals surface area (Å²) in [6, 6.07) is 6.15. The normalized spacial score (nSPS) is 11.4. The molecule has 0 aliphatic rings. The van der Waals surface area contributed by atoms with Gasteiger partial charge in [0.1, 0.15) is 0 Å². The molecule has 0 unspecified atom stereocenters. The van der Waals surface area contributed by atoms with Crippen LogP contribution in [-0.4, -0.2) is 17.2 Å². The molecule has 1 rings (SSSR count). The molecule has 0 aromatic heterocycles. The van der Waals surface area contributed by atoms with Gasteiger partial charge in [0.25, 0.3) is 0 Å². The van der Waals surface area contributed by atoms with Gasteiger partial charge in [0.15, 0.2) is 0 Å². The number of carbonyl (C=O) groups excluding carboxylic acids is 1. The van der Waals surface area contributed by atoms with Crippen LogP contribution in [0, 0.1) is 6.92 Å². The average Bonchev–Trinajstić information content (AvgIpc) is 2.28. The van der Waals surface area contributed by atoms with Crippen molar-refractivity contribution in [1.29, 1.82) is 0 Å². The van der Waals surface area contributed by atoms with Crippen LogP contribution >= 0.6 is 11.8 Å². The standard InChI is InChI=1S/C15H24N2OS/c1-11-10-12(19-15(2,3)4)7-8-13(11)17-14(18)6-5-9-16/h7-8,10H,5-6,9,16H2,1-4H3,(H,17,18). The Bertz CT molecular complexity index is 438. The van der Waals surface area contributed by atoms with Gasteiger partial charge in [-0.15, -0.1) is 11.8 Å². The van der Waals surface area contributed by atoms with E-state index in [-0.39, 0.29) is 10.7 Å². The summed E-state index contributed by atoms with van der Waals surface area (Å²) < 4.78 is 0.193. The lowest BCUT2D eigenvalue weighted by Crippen LogP contribution is -2.14. The van der Waals surface area contributed by atoms with Crippen molar-refractivity contribution < 1.29 is 4.79 Å². The Balaban J connectivity index is 2.69. The number of aryl methyl sites for hydroxylation is 1. The molecule has 1 aromatic rings. The summed E-state index contributed by atoms with van der Waals surface area (Å²) in [4.78, 5) is 12.9. The predicted molar refractivity (Wildman–Crippen MR) is 83.7 cm³/mol. The highest BCUT2D eigenvalue weighted by Crippen LogP contribution is 2.33. The monoisotopic (exact) mass is 280 g/mol. The molecule has 0 aliphatic carbocycles. The van der Waals surface area contributed by atoms with Gasteiger partial charge in [0.05, 0.1) is 0 Å². The van der Waals surface area contributed by atoms with Crippen LogP contribution in [0.3, 0.4) is 0 Å². The fourth-order valence-corrected chi connectivity index (χ4v) is 2.75. The Morgan fingerprint density at radius 1 is 1.37 bits per heavy atom. The van der Waals surface area contributed by atoms with Crippen LogP contribution < -0.4 is 11.1 Å². The number of rotatable bonds is 5. The highest BCUT2D eigenvalue weighted by molar-refractivity contribution is 8.00. The Morgan fingerprint density at radius 3 is 2.58 bits per heavy atom. The zero-order valence-electron chi connectivity index (χ0n) is 12.2. The number of carbonyl (C=O) groups is 1. The third-order valence-electron chi connectivity index (χ3n) is 2.50. The molecule has 0 radical (unpaired) electrons. The molecule has 0 spiro atoms. The van der Waals surface area contributed by atoms with E-state index in [0.717, 1.165) is 17.7 Å². The Labute approximate surface area is 120 Å². The van der Waals surface area contributed by atoms with Crippen molar-refractivity contribution >= 4 is 23.4 Å². The zero-order chi connectivity index (χ0) is 14.5. The molecule has 0 saturated heterocycles. The lowest BCUT2D eigenvalue weighted by Gasteiger charge is -2.18. The van der Waals surface area contributed by atoms with Crippen LogP contribution in [0.1, 0.15) is 39.2 Å². The highest BCUT2D eigenvalue weighted by Gasteiger charge is 2.13. The second kappa shape index (κ2) is 6.96. The van der Waals surface area contributed by atoms with E-state index in [1.807, 2.05) is 24.8 Å². The van der Waals surface area contributed by atoms with Crippen LogP contribution in [0.15, 0.2) is 23.1 Å². The van der Waals surface area contributed by atoms with Gasteiger partial charge in [-0.25, -0.2) is 0 Å². The average molecular weight is 280 g/mol. The van der Waals surface area contributed by atoms with Crippen molar-refractivity contribution in [3.63, 3.8) is 0 Å². The summed E-state index contributed by atoms with van der Waals surface area (Å²) in [5.41, 5.74) is 7.38. The molecular weight excluding hydrogens is 256 g/mol. The van der Waals surface area contributed by atoms with E-state index in [2.05, 4.69) is 38.2 Å². The maximum absolute atomic E-state index is 11.7. The molecule has 1 aromatic carbocycles. The van der Waals surface area contributed by atoms with Crippen LogP contribution in [-0.2, 0) is 4.79 Å². The quantitative estimate of drug-likeness (QED) is 0.811. The van der Waals surface area contributed by atoms with Crippen molar-refractivity contribution in [2.75, 3.05) is 11.9 Å². The fraction of sp³-hybridized carbons (Fsp3) is 0.533. The molecule has 3 nitrogen and oxygen atoms in total. The van der Waals surface area contributed by atoms with Crippen molar-refractivity contribution in [1.82, 2.24) is 0 Å². The molecule has 1 amide bonds. The van der Waals surface area contributed by atoms with E-state index in [0.29, 0.717) is 13.0 Å². The minimum Gasteiger partial charge on any atom is -0.330 e. The van der Waals surface area contributed by atoms with Gasteiger partial charge in [0.2, 0.25) is 5.91 Å². The van der Waals surface area contributed by atoms with Gasteiger partial charge in [-0.3, -0.25) is 4.79 Å². The Hall–Kier alpha value is -1.00. The van der Waals surface area contributed by atoms with Crippen molar-refractivity contribution in [2.45, 2.75) is 50.2 Å². The van der Waals surface area contributed by atoms with Gasteiger partial charge in [-0.05, 0) is 43.7 Å². The van der Waals surface area contributed by atoms with Gasteiger partial charge in [-0.1, -0.05) is 20.8 Å². The van der Waals surface area contributed by atoms with Gasteiger partial charge in [0, 0.05) is 21.8 Å². The first kappa shape index (κ1) is 16.1. The number of benzene rings is 1. The van der Waals surface area contributed by atoms with Gasteiger partial charge in [-0.2, -0.15) is 0 Å². The molecule has 0 fully saturated rings. The van der Waals surface area contributed by atoms with E-state index in [1.165, 1.54) is 4.90 Å². The number of amides is 1. The first-order valence-electron chi connectivity index (χ1n) is 6.61. The number of hydrogen-bond donors (Lipinski definition) is 2. The van der Waals surface area contributed by atoms with Gasteiger partial charge < -0.3 is 11.1 Å². The van der Waals surface area contributed by atoms with E-state index >= 15 is 0 Å². The molecule has 106 valence electrons. The van der Waals surface area contributed by atoms with E-state index in [9.17, 15) is 4.79 Å². The van der Waals surface area contributed by atoms with Crippen molar-refractivity contribution in [2.24, 2.45) is 5.73 Å². The number of hydrogen-bond acceptors (Lipinski definition) is 3. The SMILES string of the molecule is Cc1cc(SC(C)(C)C)ccc1NC(=O)CCCN. The molecule has 3 N–H and O–H groups in total. The van der Waals surface area contributed by atoms with Gasteiger partial charge >= 0.3 is 0 Å². The van der Waals surface area contributed by atoms with E-state index < -0.39 is 0 Å². The third-order valence-corrected chi connectivity index (χ3v) is 3.61. The smallest absolute Gasteiger partial charge is 0.224 e. The molecule has 19 heavy (non-hydrogen) atoms. The second-order valence-corrected chi connectivity index (χ2v) is 7.53. The molecular formula is C15H24N2OS. The lowest BCUT2D eigenvalue weighted by molar-refractivity contribution is -0.116. The summed E-state index contributed by atoms with van der Waals surface area (Å²) in [6.07, 6.45) is 1.21. The fourth-order valence-electron chi connectivity index (χ4n) is 1.67. The summed E-state index contributed by atoms with van der Waals surface area (Å²) in [6.45, 7) is 9.14. The zero-order valence-corrected chi connectivity index (χ0v) is 13.1. The highest BCUT2D eigenvalue weighted by atomic mass is 32.2. The second-order valence-electron chi connectivity index (χ2n) is 5.63. The maximum Gasteiger partial charge on any atom is 0.224 e. The number of thioether (sulfide) groups is 1. The summed E-state index contributed by atoms with van der Waals surface area (Å²) in [5.74, 6) is 0.0322. The van der Waals surface area contributed by atoms with Crippen molar-refractivity contribution in [3.8, 4) is 0 Å². The van der Waals surface area contributed by atoms with Crippen LogP contribution in [0.5, 0.6) is 0 Å². The molecule has 0 aliphatic heterocycles. The van der Waals surface area contributed by atoms with Crippen molar-refractivity contribution in [3.05, 3.63) is 23.8 Å². The molecule has 0 heterocycles. The molecule has 0 bridgehead atoms. The Morgan fingerprint density at radius 2 is 2.05 bits per heavy atom. The first-order chi connectivity index (χ1) is 8.81. The number of nitrogens with two attached hydrogens (primary N) is 1. The molecule has 0 saturated carbocycles. The maximum atomic E-state index is 11.7. The topological polar surface area (TPSA) is 55.1 Å². The number of anilines is 1. The van der Waals surface area contributed by atoms with Crippen LogP contribution in [0.4, 0.5) is 5.69 Å². The summed E-state index contributed by atoms with van der Waals surface area (Å²) in [5, 5.41) is 2.93. The molecule has 0 atom stereocenters. The minimum absolute atomic E-state index is 0.0322. The summed E-state index contributed by atoms with van der Waals surface area (Å²) >= 11 is 1.83. The summed E-state index contributed by atoms with van der Waals surface area (Å²) in [7, 11) is 0. The van der Waals surface area contributed by atoms with E-state index in [4.69, 9.17) is 5.73 Å². The molecule has 4 heteroatoms. The largest absolute Gasteiger partial charge is 0.330 e. The third kappa shape index (κ3) is 6.12. The number of nitrogens with one attached hydrogen (secondary N) is 1. The van der Waals surface area contributed by atoms with Crippen LogP contribution in [0.2, 0.25) is 0 Å². The first-order valence-corrected chi connectivity index (χ1v) is 7.43. The minimum atomic E-state index is 0.0322. The van der Waals surface area contributed by atoms with Crippen LogP contribution in [0.25, 0.3) is 0 Å². The van der Waals surface area contributed by atoms with E-state index in [1.54, 1.807) is 0 Å². The lowest BCUT2D eigenvalue weighted by atomic mass is 10.2.